The number of carbonyl (C=O) groups excluding carboxylic acids is 1. The van der Waals surface area contributed by atoms with Gasteiger partial charge in [0.25, 0.3) is 0 Å². The number of rotatable bonds is 7. The van der Waals surface area contributed by atoms with Crippen LogP contribution in [0.3, 0.4) is 0 Å². The highest BCUT2D eigenvalue weighted by Gasteiger charge is 2.09. The van der Waals surface area contributed by atoms with Gasteiger partial charge in [-0.05, 0) is 37.5 Å². The third-order valence-electron chi connectivity index (χ3n) is 3.39. The van der Waals surface area contributed by atoms with Crippen LogP contribution in [0.25, 0.3) is 0 Å². The van der Waals surface area contributed by atoms with Gasteiger partial charge in [-0.2, -0.15) is 0 Å². The Labute approximate surface area is 141 Å². The van der Waals surface area contributed by atoms with E-state index < -0.39 is 0 Å². The topological polar surface area (TPSA) is 63.2 Å². The molecule has 0 aliphatic rings. The van der Waals surface area contributed by atoms with Crippen molar-refractivity contribution in [3.05, 3.63) is 45.9 Å². The molecule has 2 N–H and O–H groups in total. The molecule has 5 nitrogen and oxygen atoms in total. The van der Waals surface area contributed by atoms with Gasteiger partial charge >= 0.3 is 6.03 Å². The van der Waals surface area contributed by atoms with Crippen molar-refractivity contribution in [2.45, 2.75) is 39.3 Å². The number of hydrogen-bond donors (Lipinski definition) is 2. The zero-order chi connectivity index (χ0) is 16.7. The Bertz CT molecular complexity index is 642. The van der Waals surface area contributed by atoms with Crippen molar-refractivity contribution in [2.75, 3.05) is 7.11 Å². The van der Waals surface area contributed by atoms with E-state index in [1.807, 2.05) is 36.6 Å². The maximum Gasteiger partial charge on any atom is 0.315 e. The summed E-state index contributed by atoms with van der Waals surface area (Å²) in [6, 6.07) is 7.73. The summed E-state index contributed by atoms with van der Waals surface area (Å²) in [5.41, 5.74) is 2.03. The number of aromatic nitrogens is 1. The Kier molecular flexibility index (Phi) is 6.40. The molecule has 0 aliphatic heterocycles. The summed E-state index contributed by atoms with van der Waals surface area (Å²) in [7, 11) is 1.65. The van der Waals surface area contributed by atoms with Crippen molar-refractivity contribution in [1.29, 1.82) is 0 Å². The Morgan fingerprint density at radius 2 is 2.26 bits per heavy atom. The molecule has 2 amide bonds. The van der Waals surface area contributed by atoms with Crippen LogP contribution in [-0.2, 0) is 19.4 Å². The van der Waals surface area contributed by atoms with Crippen LogP contribution in [-0.4, -0.2) is 24.2 Å². The summed E-state index contributed by atoms with van der Waals surface area (Å²) in [5, 5.41) is 8.86. The van der Waals surface area contributed by atoms with Gasteiger partial charge in [-0.25, -0.2) is 9.78 Å². The molecule has 0 spiro atoms. The van der Waals surface area contributed by atoms with Gasteiger partial charge in [0.15, 0.2) is 0 Å². The van der Waals surface area contributed by atoms with E-state index in [9.17, 15) is 4.79 Å². The second-order valence-electron chi connectivity index (χ2n) is 5.37. The molecular formula is C17H23N3O2S. The summed E-state index contributed by atoms with van der Waals surface area (Å²) in [4.78, 5) is 16.4. The summed E-state index contributed by atoms with van der Waals surface area (Å²) >= 11 is 1.63. The first-order chi connectivity index (χ1) is 11.1. The predicted octanol–water partition coefficient (Wildman–Crippen LogP) is 3.14. The number of aryl methyl sites for hydroxylation is 1. The molecule has 0 saturated carbocycles. The molecule has 2 aromatic rings. The van der Waals surface area contributed by atoms with Crippen LogP contribution < -0.4 is 15.4 Å². The first-order valence-corrected chi connectivity index (χ1v) is 8.59. The Morgan fingerprint density at radius 3 is 2.96 bits per heavy atom. The van der Waals surface area contributed by atoms with Crippen LogP contribution in [0.1, 0.15) is 30.1 Å². The smallest absolute Gasteiger partial charge is 0.315 e. The molecule has 1 aromatic heterocycles. The summed E-state index contributed by atoms with van der Waals surface area (Å²) in [5.74, 6) is 0.828. The second-order valence-corrected chi connectivity index (χ2v) is 6.31. The first-order valence-electron chi connectivity index (χ1n) is 7.71. The molecule has 0 bridgehead atoms. The summed E-state index contributed by atoms with van der Waals surface area (Å²) < 4.78 is 5.21. The fourth-order valence-electron chi connectivity index (χ4n) is 2.24. The largest absolute Gasteiger partial charge is 0.497 e. The van der Waals surface area contributed by atoms with Crippen LogP contribution >= 0.6 is 11.3 Å². The maximum absolute atomic E-state index is 11.9. The van der Waals surface area contributed by atoms with Gasteiger partial charge in [0.2, 0.25) is 0 Å². The van der Waals surface area contributed by atoms with Gasteiger partial charge in [0.1, 0.15) is 5.75 Å². The number of benzene rings is 1. The lowest BCUT2D eigenvalue weighted by Crippen LogP contribution is -2.41. The average molecular weight is 333 g/mol. The zero-order valence-corrected chi connectivity index (χ0v) is 14.6. The number of ether oxygens (including phenoxy) is 1. The molecule has 23 heavy (non-hydrogen) atoms. The van der Waals surface area contributed by atoms with Crippen LogP contribution in [0.15, 0.2) is 29.6 Å². The number of thiazole rings is 1. The number of hydrogen-bond acceptors (Lipinski definition) is 4. The minimum atomic E-state index is -0.175. The number of nitrogens with zero attached hydrogens (tertiary/aromatic N) is 1. The van der Waals surface area contributed by atoms with Crippen LogP contribution in [0, 0.1) is 0 Å². The molecule has 0 saturated heterocycles. The van der Waals surface area contributed by atoms with Gasteiger partial charge in [-0.1, -0.05) is 19.1 Å². The van der Waals surface area contributed by atoms with Gasteiger partial charge in [-0.15, -0.1) is 11.3 Å². The van der Waals surface area contributed by atoms with Gasteiger partial charge < -0.3 is 15.4 Å². The predicted molar refractivity (Wildman–Crippen MR) is 93.0 cm³/mol. The molecule has 2 rings (SSSR count). The minimum Gasteiger partial charge on any atom is -0.497 e. The average Bonchev–Trinajstić information content (AvgIpc) is 3.01. The van der Waals surface area contributed by atoms with Gasteiger partial charge in [0, 0.05) is 11.4 Å². The third kappa shape index (κ3) is 5.56. The number of amides is 2. The van der Waals surface area contributed by atoms with Crippen molar-refractivity contribution in [3.63, 3.8) is 0 Å². The molecule has 0 aliphatic carbocycles. The highest BCUT2D eigenvalue weighted by Crippen LogP contribution is 2.14. The van der Waals surface area contributed by atoms with E-state index in [-0.39, 0.29) is 12.1 Å². The third-order valence-corrected chi connectivity index (χ3v) is 4.43. The van der Waals surface area contributed by atoms with Crippen molar-refractivity contribution in [2.24, 2.45) is 0 Å². The van der Waals surface area contributed by atoms with E-state index >= 15 is 0 Å². The molecule has 1 atom stereocenters. The minimum absolute atomic E-state index is 0.0312. The fraction of sp³-hybridized carbons (Fsp3) is 0.412. The molecule has 0 fully saturated rings. The van der Waals surface area contributed by atoms with E-state index in [2.05, 4.69) is 22.5 Å². The SMILES string of the molecule is CCc1nc(CNC(=O)N[C@@H](C)Cc2cccc(OC)c2)cs1. The van der Waals surface area contributed by atoms with E-state index in [0.29, 0.717) is 6.54 Å². The first kappa shape index (κ1) is 17.3. The monoisotopic (exact) mass is 333 g/mol. The van der Waals surface area contributed by atoms with Crippen molar-refractivity contribution >= 4 is 17.4 Å². The number of methoxy groups -OCH3 is 1. The standard InChI is InChI=1S/C17H23N3O2S/c1-4-16-20-14(11-23-16)10-18-17(21)19-12(2)8-13-6-5-7-15(9-13)22-3/h5-7,9,11-12H,4,8,10H2,1-3H3,(H2,18,19,21)/t12-/m0/s1. The molecule has 1 heterocycles. The van der Waals surface area contributed by atoms with Crippen molar-refractivity contribution in [3.8, 4) is 5.75 Å². The van der Waals surface area contributed by atoms with Crippen LogP contribution in [0.5, 0.6) is 5.75 Å². The van der Waals surface area contributed by atoms with E-state index in [1.54, 1.807) is 18.4 Å². The highest BCUT2D eigenvalue weighted by atomic mass is 32.1. The molecule has 1 aromatic carbocycles. The quantitative estimate of drug-likeness (QED) is 0.818. The Morgan fingerprint density at radius 1 is 1.43 bits per heavy atom. The van der Waals surface area contributed by atoms with Gasteiger partial charge in [-0.3, -0.25) is 0 Å². The normalized spacial score (nSPS) is 11.8. The van der Waals surface area contributed by atoms with Crippen LogP contribution in [0.4, 0.5) is 4.79 Å². The van der Waals surface area contributed by atoms with E-state index in [4.69, 9.17) is 4.74 Å². The summed E-state index contributed by atoms with van der Waals surface area (Å²) in [6.45, 7) is 4.51. The fourth-order valence-corrected chi connectivity index (χ4v) is 2.99. The van der Waals surface area contributed by atoms with E-state index in [1.165, 1.54) is 0 Å². The summed E-state index contributed by atoms with van der Waals surface area (Å²) in [6.07, 6.45) is 1.68. The Balaban J connectivity index is 1.77. The zero-order valence-electron chi connectivity index (χ0n) is 13.8. The van der Waals surface area contributed by atoms with Gasteiger partial charge in [0.05, 0.1) is 24.4 Å². The highest BCUT2D eigenvalue weighted by molar-refractivity contribution is 7.09. The maximum atomic E-state index is 11.9. The molecule has 0 radical (unpaired) electrons. The number of urea groups is 1. The molecule has 124 valence electrons. The number of carbonyl (C=O) groups is 1. The lowest BCUT2D eigenvalue weighted by Gasteiger charge is -2.15. The number of nitrogens with one attached hydrogen (secondary N) is 2. The molecule has 6 heteroatoms. The lowest BCUT2D eigenvalue weighted by molar-refractivity contribution is 0.237. The van der Waals surface area contributed by atoms with E-state index in [0.717, 1.165) is 34.9 Å². The molecular weight excluding hydrogens is 310 g/mol. The second kappa shape index (κ2) is 8.53. The Hall–Kier alpha value is -2.08. The van der Waals surface area contributed by atoms with Crippen molar-refractivity contribution < 1.29 is 9.53 Å². The van der Waals surface area contributed by atoms with Crippen molar-refractivity contribution in [1.82, 2.24) is 15.6 Å². The lowest BCUT2D eigenvalue weighted by atomic mass is 10.1. The molecule has 0 unspecified atom stereocenters. The van der Waals surface area contributed by atoms with Crippen LogP contribution in [0.2, 0.25) is 0 Å².